The highest BCUT2D eigenvalue weighted by Gasteiger charge is 2.27. The van der Waals surface area contributed by atoms with Crippen molar-refractivity contribution in [1.29, 1.82) is 0 Å². The molecule has 0 aliphatic heterocycles. The lowest BCUT2D eigenvalue weighted by molar-refractivity contribution is 0.182. The molecule has 0 amide bonds. The molecule has 2 N–H and O–H groups in total. The first-order chi connectivity index (χ1) is 33.9. The van der Waals surface area contributed by atoms with Gasteiger partial charge in [-0.3, -0.25) is 0 Å². The van der Waals surface area contributed by atoms with Crippen LogP contribution in [0.5, 0.6) is 11.5 Å². The summed E-state index contributed by atoms with van der Waals surface area (Å²) in [5.74, 6) is -11.9. The van der Waals surface area contributed by atoms with E-state index in [2.05, 4.69) is 0 Å². The van der Waals surface area contributed by atoms with Crippen LogP contribution in [-0.2, 0) is 12.8 Å². The van der Waals surface area contributed by atoms with E-state index < -0.39 is 81.1 Å². The van der Waals surface area contributed by atoms with E-state index in [1.165, 1.54) is 36.4 Å². The third kappa shape index (κ3) is 14.4. The van der Waals surface area contributed by atoms with Crippen molar-refractivity contribution in [2.24, 2.45) is 11.8 Å². The molecule has 0 aromatic heterocycles. The van der Waals surface area contributed by atoms with Crippen molar-refractivity contribution in [2.45, 2.75) is 110 Å². The van der Waals surface area contributed by atoms with Gasteiger partial charge in [0, 0.05) is 6.61 Å². The summed E-state index contributed by atoms with van der Waals surface area (Å²) in [4.78, 5) is 0. The molecule has 0 unspecified atom stereocenters. The van der Waals surface area contributed by atoms with Gasteiger partial charge in [-0.05, 0) is 194 Å². The monoisotopic (exact) mass is 1020 g/mol. The number of phenolic OH excluding ortho intramolecular Hbond substituents is 1. The summed E-state index contributed by atoms with van der Waals surface area (Å²) >= 11 is 0. The SMILES string of the molecule is C.CCCc1cc(F)c(O)c(F)c1.CCCc1cc(F)c(OCC2CCC(c3cc(F)c(-c4ccc(F)c(F)c4)c(F)c3)CC2)c(F)c1.OCC1CCC(c2cc(F)c(-c3ccc(F)c(F)c3)c(F)c2)CC1. The predicted octanol–water partition coefficient (Wildman–Crippen LogP) is 16.9. The van der Waals surface area contributed by atoms with Crippen LogP contribution in [0, 0.1) is 81.6 Å². The van der Waals surface area contributed by atoms with Crippen LogP contribution in [0.4, 0.5) is 52.7 Å². The van der Waals surface area contributed by atoms with E-state index in [4.69, 9.17) is 14.9 Å². The van der Waals surface area contributed by atoms with Crippen molar-refractivity contribution in [3.8, 4) is 33.8 Å². The van der Waals surface area contributed by atoms with E-state index in [1.807, 2.05) is 13.8 Å². The zero-order valence-electron chi connectivity index (χ0n) is 39.1. The Balaban J connectivity index is 0.000000224. The van der Waals surface area contributed by atoms with Gasteiger partial charge in [0.25, 0.3) is 0 Å². The minimum absolute atomic E-state index is 0. The highest BCUT2D eigenvalue weighted by Crippen LogP contribution is 2.41. The number of ether oxygens (including phenoxy) is 1. The van der Waals surface area contributed by atoms with Crippen LogP contribution in [0.3, 0.4) is 0 Å². The molecule has 6 aromatic rings. The molecule has 3 nitrogen and oxygen atoms in total. The second-order valence-corrected chi connectivity index (χ2v) is 18.2. The molecule has 0 radical (unpaired) electrons. The molecule has 6 aromatic carbocycles. The lowest BCUT2D eigenvalue weighted by Crippen LogP contribution is -2.20. The van der Waals surface area contributed by atoms with E-state index in [-0.39, 0.29) is 66.8 Å². The first kappa shape index (κ1) is 56.9. The van der Waals surface area contributed by atoms with E-state index in [0.717, 1.165) is 87.1 Å². The number of aromatic hydroxyl groups is 1. The molecule has 2 fully saturated rings. The van der Waals surface area contributed by atoms with Crippen LogP contribution in [0.1, 0.15) is 120 Å². The maximum atomic E-state index is 14.8. The molecule has 72 heavy (non-hydrogen) atoms. The number of phenols is 1. The molecule has 2 aliphatic rings. The van der Waals surface area contributed by atoms with Crippen molar-refractivity contribution < 1.29 is 67.6 Å². The van der Waals surface area contributed by atoms with Gasteiger partial charge < -0.3 is 14.9 Å². The molecule has 0 bridgehead atoms. The highest BCUT2D eigenvalue weighted by molar-refractivity contribution is 5.66. The van der Waals surface area contributed by atoms with E-state index in [1.54, 1.807) is 0 Å². The molecule has 15 heteroatoms. The standard InChI is InChI=1S/C28H26F6O.C19H18F4O.C9H10F2O.CH4/c1-2-3-17-10-25(33)28(26(34)11-17)35-15-16-4-6-18(7-5-16)20-13-23(31)27(24(32)14-20)19-8-9-21(29)22(30)12-19;20-15-6-5-13(7-16(15)21)19-17(22)8-14(9-18(19)23)12-3-1-11(10-24)2-4-12;1-2-3-6-4-7(10)9(12)8(11)5-6;/h8-14,16,18H,2-7,15H2,1H3;5-9,11-12,24H,1-4,10H2;4-5,12H,2-3H2,1H3;1H4. The fourth-order valence-electron chi connectivity index (χ4n) is 9.29. The van der Waals surface area contributed by atoms with Gasteiger partial charge in [0.2, 0.25) is 0 Å². The summed E-state index contributed by atoms with van der Waals surface area (Å²) in [6.45, 7) is 4.15. The predicted molar refractivity (Wildman–Crippen MR) is 255 cm³/mol. The van der Waals surface area contributed by atoms with Crippen LogP contribution < -0.4 is 4.74 Å². The number of aliphatic hydroxyl groups is 1. The molecule has 0 saturated heterocycles. The molecule has 388 valence electrons. The number of benzene rings is 6. The van der Waals surface area contributed by atoms with Crippen molar-refractivity contribution in [3.63, 3.8) is 0 Å². The first-order valence-electron chi connectivity index (χ1n) is 23.7. The van der Waals surface area contributed by atoms with E-state index in [9.17, 15) is 52.7 Å². The molecule has 2 aliphatic carbocycles. The molecule has 0 heterocycles. The van der Waals surface area contributed by atoms with Gasteiger partial charge in [0.1, 0.15) is 23.3 Å². The molecule has 0 spiro atoms. The van der Waals surface area contributed by atoms with Crippen LogP contribution >= 0.6 is 0 Å². The van der Waals surface area contributed by atoms with E-state index >= 15 is 0 Å². The van der Waals surface area contributed by atoms with Crippen LogP contribution in [-0.4, -0.2) is 23.4 Å². The van der Waals surface area contributed by atoms with Gasteiger partial charge >= 0.3 is 0 Å². The summed E-state index contributed by atoms with van der Waals surface area (Å²) in [7, 11) is 0. The minimum atomic E-state index is -1.18. The normalized spacial score (nSPS) is 17.5. The molecule has 8 rings (SSSR count). The number of aliphatic hydroxyl groups excluding tert-OH is 1. The number of hydrogen-bond donors (Lipinski definition) is 2. The fourth-order valence-corrected chi connectivity index (χ4v) is 9.29. The summed E-state index contributed by atoms with van der Waals surface area (Å²) in [5.41, 5.74) is 1.39. The van der Waals surface area contributed by atoms with Gasteiger partial charge in [-0.15, -0.1) is 0 Å². The molecular weight excluding hydrogens is 961 g/mol. The maximum Gasteiger partial charge on any atom is 0.190 e. The topological polar surface area (TPSA) is 49.7 Å². The number of halogens is 12. The van der Waals surface area contributed by atoms with Crippen molar-refractivity contribution in [2.75, 3.05) is 13.2 Å². The first-order valence-corrected chi connectivity index (χ1v) is 23.7. The Morgan fingerprint density at radius 2 is 0.792 bits per heavy atom. The van der Waals surface area contributed by atoms with Crippen molar-refractivity contribution in [3.05, 3.63) is 177 Å². The Morgan fingerprint density at radius 3 is 1.14 bits per heavy atom. The van der Waals surface area contributed by atoms with Gasteiger partial charge in [-0.1, -0.05) is 46.2 Å². The summed E-state index contributed by atoms with van der Waals surface area (Å²) in [5, 5.41) is 17.9. The Labute approximate surface area is 412 Å². The Kier molecular flexibility index (Phi) is 20.7. The Bertz CT molecular complexity index is 2670. The van der Waals surface area contributed by atoms with Crippen molar-refractivity contribution in [1.82, 2.24) is 0 Å². The van der Waals surface area contributed by atoms with Crippen LogP contribution in [0.15, 0.2) is 84.9 Å². The average molecular weight is 1020 g/mol. The number of aryl methyl sites for hydroxylation is 2. The minimum Gasteiger partial charge on any atom is -0.503 e. The molecular formula is C57H58F12O3. The molecule has 2 saturated carbocycles. The number of rotatable bonds is 12. The average Bonchev–Trinajstić information content (AvgIpc) is 3.33. The van der Waals surface area contributed by atoms with Crippen molar-refractivity contribution >= 4 is 0 Å². The summed E-state index contributed by atoms with van der Waals surface area (Å²) < 4.78 is 171. The lowest BCUT2D eigenvalue weighted by atomic mass is 9.78. The Hall–Kier alpha value is -5.96. The van der Waals surface area contributed by atoms with Crippen LogP contribution in [0.25, 0.3) is 22.3 Å². The van der Waals surface area contributed by atoms with Crippen LogP contribution in [0.2, 0.25) is 0 Å². The summed E-state index contributed by atoms with van der Waals surface area (Å²) in [6.07, 6.45) is 8.64. The highest BCUT2D eigenvalue weighted by atomic mass is 19.2. The maximum absolute atomic E-state index is 14.8. The lowest BCUT2D eigenvalue weighted by Gasteiger charge is -2.29. The van der Waals surface area contributed by atoms with Gasteiger partial charge in [0.05, 0.1) is 17.7 Å². The zero-order chi connectivity index (χ0) is 51.5. The largest absolute Gasteiger partial charge is 0.503 e. The van der Waals surface area contributed by atoms with Gasteiger partial charge in [0.15, 0.2) is 58.0 Å². The Morgan fingerprint density at radius 1 is 0.431 bits per heavy atom. The third-order valence-corrected chi connectivity index (χ3v) is 13.1. The summed E-state index contributed by atoms with van der Waals surface area (Å²) in [6, 6.07) is 15.5. The van der Waals surface area contributed by atoms with Gasteiger partial charge in [-0.2, -0.15) is 0 Å². The van der Waals surface area contributed by atoms with E-state index in [0.29, 0.717) is 60.8 Å². The fraction of sp³-hybridized carbons (Fsp3) is 0.368. The quantitative estimate of drug-likeness (QED) is 0.120. The second-order valence-electron chi connectivity index (χ2n) is 18.2. The smallest absolute Gasteiger partial charge is 0.190 e. The van der Waals surface area contributed by atoms with Gasteiger partial charge in [-0.25, -0.2) is 52.7 Å². The third-order valence-electron chi connectivity index (χ3n) is 13.1. The number of hydrogen-bond acceptors (Lipinski definition) is 3. The zero-order valence-corrected chi connectivity index (χ0v) is 39.1. The second kappa shape index (κ2) is 26.1. The molecule has 0 atom stereocenters.